The van der Waals surface area contributed by atoms with Crippen LogP contribution < -0.4 is 11.5 Å². The van der Waals surface area contributed by atoms with Crippen LogP contribution in [0, 0.1) is 0 Å². The standard InChI is InChI=1S/C13H22N4/c14-11-6-2-3-7-12(15)16-13(10-11)17-8-4-1-5-9-17/h6,10H,1-5,7-9,14H2,(H2,15,16). The lowest BCUT2D eigenvalue weighted by Gasteiger charge is -2.29. The molecular weight excluding hydrogens is 212 g/mol. The van der Waals surface area contributed by atoms with E-state index >= 15 is 0 Å². The van der Waals surface area contributed by atoms with Crippen molar-refractivity contribution in [1.82, 2.24) is 4.90 Å². The van der Waals surface area contributed by atoms with Gasteiger partial charge in [0, 0.05) is 31.3 Å². The molecule has 0 atom stereocenters. The van der Waals surface area contributed by atoms with Gasteiger partial charge in [-0.05, 0) is 32.1 Å². The summed E-state index contributed by atoms with van der Waals surface area (Å²) in [7, 11) is 0. The van der Waals surface area contributed by atoms with Crippen molar-refractivity contribution in [1.29, 1.82) is 0 Å². The number of likely N-dealkylation sites (tertiary alicyclic amines) is 1. The number of hydrogen-bond donors (Lipinski definition) is 2. The van der Waals surface area contributed by atoms with E-state index in [4.69, 9.17) is 11.5 Å². The van der Waals surface area contributed by atoms with Crippen LogP contribution in [0.3, 0.4) is 0 Å². The Morgan fingerprint density at radius 3 is 2.59 bits per heavy atom. The highest BCUT2D eigenvalue weighted by Gasteiger charge is 2.14. The minimum atomic E-state index is 0.727. The SMILES string of the molecule is NC1=CCCCC(N)=NC(N2CCCCC2)=C1. The number of amidine groups is 1. The first-order valence-electron chi connectivity index (χ1n) is 6.51. The molecule has 4 N–H and O–H groups in total. The van der Waals surface area contributed by atoms with E-state index in [1.165, 1.54) is 19.3 Å². The summed E-state index contributed by atoms with van der Waals surface area (Å²) >= 11 is 0. The normalized spacial score (nSPS) is 22.8. The van der Waals surface area contributed by atoms with Crippen molar-refractivity contribution < 1.29 is 0 Å². The molecule has 0 aromatic heterocycles. The van der Waals surface area contributed by atoms with E-state index in [-0.39, 0.29) is 0 Å². The Bertz CT molecular complexity index is 348. The number of aliphatic imine (C=N–C) groups is 1. The van der Waals surface area contributed by atoms with Crippen molar-refractivity contribution in [3.8, 4) is 0 Å². The van der Waals surface area contributed by atoms with Crippen LogP contribution in [-0.4, -0.2) is 23.8 Å². The second-order valence-corrected chi connectivity index (χ2v) is 4.75. The van der Waals surface area contributed by atoms with Gasteiger partial charge in [-0.15, -0.1) is 0 Å². The molecule has 17 heavy (non-hydrogen) atoms. The second-order valence-electron chi connectivity index (χ2n) is 4.75. The minimum absolute atomic E-state index is 0.727. The number of hydrogen-bond acceptors (Lipinski definition) is 4. The van der Waals surface area contributed by atoms with Crippen LogP contribution in [0.25, 0.3) is 0 Å². The summed E-state index contributed by atoms with van der Waals surface area (Å²) in [6.45, 7) is 2.13. The molecule has 2 heterocycles. The van der Waals surface area contributed by atoms with Gasteiger partial charge in [0.25, 0.3) is 0 Å². The molecule has 0 spiro atoms. The summed E-state index contributed by atoms with van der Waals surface area (Å²) in [6.07, 6.45) is 10.7. The van der Waals surface area contributed by atoms with Gasteiger partial charge in [-0.2, -0.15) is 0 Å². The first-order chi connectivity index (χ1) is 8.25. The predicted octanol–water partition coefficient (Wildman–Crippen LogP) is 1.70. The van der Waals surface area contributed by atoms with Gasteiger partial charge in [0.15, 0.2) is 0 Å². The maximum absolute atomic E-state index is 5.96. The van der Waals surface area contributed by atoms with Gasteiger partial charge in [-0.3, -0.25) is 0 Å². The van der Waals surface area contributed by atoms with Crippen molar-refractivity contribution in [2.45, 2.75) is 38.5 Å². The van der Waals surface area contributed by atoms with Crippen LogP contribution >= 0.6 is 0 Å². The van der Waals surface area contributed by atoms with Gasteiger partial charge in [0.1, 0.15) is 11.7 Å². The molecule has 2 aliphatic heterocycles. The first kappa shape index (κ1) is 12.0. The van der Waals surface area contributed by atoms with Crippen LogP contribution in [0.2, 0.25) is 0 Å². The fourth-order valence-electron chi connectivity index (χ4n) is 2.28. The van der Waals surface area contributed by atoms with Gasteiger partial charge in [-0.1, -0.05) is 6.08 Å². The maximum atomic E-state index is 5.96. The average Bonchev–Trinajstić information content (AvgIpc) is 2.42. The van der Waals surface area contributed by atoms with Crippen LogP contribution in [0.15, 0.2) is 28.7 Å². The molecule has 1 saturated heterocycles. The Morgan fingerprint density at radius 2 is 1.82 bits per heavy atom. The largest absolute Gasteiger partial charge is 0.399 e. The summed E-state index contributed by atoms with van der Waals surface area (Å²) < 4.78 is 0. The summed E-state index contributed by atoms with van der Waals surface area (Å²) in [4.78, 5) is 6.82. The Labute approximate surface area is 103 Å². The summed E-state index contributed by atoms with van der Waals surface area (Å²) in [6, 6.07) is 0. The molecule has 4 heteroatoms. The zero-order valence-electron chi connectivity index (χ0n) is 10.4. The molecule has 0 bridgehead atoms. The number of rotatable bonds is 1. The van der Waals surface area contributed by atoms with Crippen LogP contribution in [0.1, 0.15) is 38.5 Å². The third-order valence-corrected chi connectivity index (χ3v) is 3.25. The fraction of sp³-hybridized carbons (Fsp3) is 0.615. The van der Waals surface area contributed by atoms with Crippen molar-refractivity contribution in [2.24, 2.45) is 16.5 Å². The Hall–Kier alpha value is -1.45. The van der Waals surface area contributed by atoms with Crippen molar-refractivity contribution in [3.63, 3.8) is 0 Å². The number of nitrogens with zero attached hydrogens (tertiary/aromatic N) is 2. The van der Waals surface area contributed by atoms with E-state index in [1.54, 1.807) is 0 Å². The lowest BCUT2D eigenvalue weighted by atomic mass is 10.1. The summed E-state index contributed by atoms with van der Waals surface area (Å²) in [5, 5.41) is 0. The van der Waals surface area contributed by atoms with E-state index in [2.05, 4.69) is 16.0 Å². The molecule has 2 rings (SSSR count). The van der Waals surface area contributed by atoms with Crippen molar-refractivity contribution >= 4 is 5.84 Å². The van der Waals surface area contributed by atoms with Crippen molar-refractivity contribution in [2.75, 3.05) is 13.1 Å². The van der Waals surface area contributed by atoms with Crippen molar-refractivity contribution in [3.05, 3.63) is 23.7 Å². The first-order valence-corrected chi connectivity index (χ1v) is 6.51. The molecule has 4 nitrogen and oxygen atoms in total. The van der Waals surface area contributed by atoms with Crippen LogP contribution in [0.5, 0.6) is 0 Å². The van der Waals surface area contributed by atoms with Gasteiger partial charge in [-0.25, -0.2) is 4.99 Å². The quantitative estimate of drug-likeness (QED) is 0.725. The lowest BCUT2D eigenvalue weighted by molar-refractivity contribution is 0.283. The molecule has 94 valence electrons. The summed E-state index contributed by atoms with van der Waals surface area (Å²) in [5.41, 5.74) is 12.7. The third-order valence-electron chi connectivity index (χ3n) is 3.25. The van der Waals surface area contributed by atoms with E-state index in [0.29, 0.717) is 0 Å². The highest BCUT2D eigenvalue weighted by Crippen LogP contribution is 2.18. The molecule has 0 amide bonds. The molecular formula is C13H22N4. The average molecular weight is 234 g/mol. The minimum Gasteiger partial charge on any atom is -0.399 e. The lowest BCUT2D eigenvalue weighted by Crippen LogP contribution is -2.29. The van der Waals surface area contributed by atoms with Gasteiger partial charge in [0.05, 0.1) is 0 Å². The topological polar surface area (TPSA) is 67.6 Å². The highest BCUT2D eigenvalue weighted by atomic mass is 15.2. The molecule has 0 aromatic carbocycles. The molecule has 2 aliphatic rings. The number of allylic oxidation sites excluding steroid dienone is 2. The van der Waals surface area contributed by atoms with Crippen LogP contribution in [0.4, 0.5) is 0 Å². The van der Waals surface area contributed by atoms with E-state index in [9.17, 15) is 0 Å². The zero-order valence-corrected chi connectivity index (χ0v) is 10.4. The maximum Gasteiger partial charge on any atom is 0.132 e. The zero-order chi connectivity index (χ0) is 12.1. The van der Waals surface area contributed by atoms with E-state index in [0.717, 1.165) is 49.7 Å². The van der Waals surface area contributed by atoms with Gasteiger partial charge in [0.2, 0.25) is 0 Å². The molecule has 0 radical (unpaired) electrons. The Kier molecular flexibility index (Phi) is 4.07. The molecule has 0 aromatic rings. The van der Waals surface area contributed by atoms with E-state index in [1.807, 2.05) is 6.08 Å². The number of nitrogens with two attached hydrogens (primary N) is 2. The Balaban J connectivity index is 2.21. The van der Waals surface area contributed by atoms with Gasteiger partial charge >= 0.3 is 0 Å². The molecule has 0 aliphatic carbocycles. The second kappa shape index (κ2) is 5.75. The predicted molar refractivity (Wildman–Crippen MR) is 71.3 cm³/mol. The monoisotopic (exact) mass is 234 g/mol. The van der Waals surface area contributed by atoms with Gasteiger partial charge < -0.3 is 16.4 Å². The molecule has 0 saturated carbocycles. The molecule has 0 unspecified atom stereocenters. The molecule has 1 fully saturated rings. The van der Waals surface area contributed by atoms with Crippen LogP contribution in [-0.2, 0) is 0 Å². The number of piperidine rings is 1. The fourth-order valence-corrected chi connectivity index (χ4v) is 2.28. The summed E-state index contributed by atoms with van der Waals surface area (Å²) in [5.74, 6) is 1.67. The Morgan fingerprint density at radius 1 is 1.06 bits per heavy atom. The third kappa shape index (κ3) is 3.51. The van der Waals surface area contributed by atoms with E-state index < -0.39 is 0 Å². The smallest absolute Gasteiger partial charge is 0.132 e. The highest BCUT2D eigenvalue weighted by molar-refractivity contribution is 5.81.